The summed E-state index contributed by atoms with van der Waals surface area (Å²) in [6.07, 6.45) is 0. The molecule has 0 atom stereocenters. The molecule has 0 bridgehead atoms. The van der Waals surface area contributed by atoms with E-state index in [2.05, 4.69) is 13.8 Å². The van der Waals surface area contributed by atoms with Crippen LogP contribution in [0.2, 0.25) is 5.02 Å². The molecule has 1 aromatic carbocycles. The van der Waals surface area contributed by atoms with Crippen LogP contribution in [0.25, 0.3) is 0 Å². The van der Waals surface area contributed by atoms with E-state index >= 15 is 0 Å². The monoisotopic (exact) mass is 260 g/mol. The molecule has 1 nitrogen and oxygen atoms in total. The molecule has 0 aromatic heterocycles. The molecule has 0 fully saturated rings. The molecule has 0 aliphatic carbocycles. The maximum absolute atomic E-state index is 13.4. The predicted octanol–water partition coefficient (Wildman–Crippen LogP) is 4.05. The smallest absolute Gasteiger partial charge is 0.175 e. The fourth-order valence-corrected chi connectivity index (χ4v) is 2.27. The third kappa shape index (κ3) is 4.14. The van der Waals surface area contributed by atoms with Crippen molar-refractivity contribution >= 4 is 29.1 Å². The van der Waals surface area contributed by atoms with Crippen molar-refractivity contribution in [3.63, 3.8) is 0 Å². The Morgan fingerprint density at radius 2 is 2.19 bits per heavy atom. The van der Waals surface area contributed by atoms with Gasteiger partial charge in [0.15, 0.2) is 5.78 Å². The number of ketones is 1. The highest BCUT2D eigenvalue weighted by atomic mass is 35.5. The van der Waals surface area contributed by atoms with E-state index in [0.717, 1.165) is 5.75 Å². The Morgan fingerprint density at radius 3 is 2.75 bits per heavy atom. The zero-order chi connectivity index (χ0) is 12.1. The van der Waals surface area contributed by atoms with Crippen molar-refractivity contribution in [2.24, 2.45) is 5.92 Å². The Bertz CT molecular complexity index is 379. The standard InChI is InChI=1S/C12H14ClFOS/c1-8(2)6-16-7-12(15)10-4-3-9(13)5-11(10)14/h3-5,8H,6-7H2,1-2H3. The van der Waals surface area contributed by atoms with Crippen molar-refractivity contribution in [1.82, 2.24) is 0 Å². The van der Waals surface area contributed by atoms with Crippen LogP contribution in [0, 0.1) is 11.7 Å². The number of hydrogen-bond acceptors (Lipinski definition) is 2. The molecule has 0 spiro atoms. The second kappa shape index (κ2) is 6.26. The van der Waals surface area contributed by atoms with E-state index in [1.54, 1.807) is 0 Å². The molecule has 1 aromatic rings. The van der Waals surface area contributed by atoms with Crippen LogP contribution >= 0.6 is 23.4 Å². The normalized spacial score (nSPS) is 10.8. The Morgan fingerprint density at radius 1 is 1.50 bits per heavy atom. The Kier molecular flexibility index (Phi) is 5.29. The molecule has 0 aliphatic heterocycles. The molecule has 0 aliphatic rings. The molecule has 0 amide bonds. The number of Topliss-reactive ketones (excluding diaryl/α,β-unsaturated/α-hetero) is 1. The van der Waals surface area contributed by atoms with Gasteiger partial charge in [-0.2, -0.15) is 11.8 Å². The summed E-state index contributed by atoms with van der Waals surface area (Å²) in [5.74, 6) is 1.04. The summed E-state index contributed by atoms with van der Waals surface area (Å²) in [6.45, 7) is 4.17. The topological polar surface area (TPSA) is 17.1 Å². The average Bonchev–Trinajstić information content (AvgIpc) is 2.16. The highest BCUT2D eigenvalue weighted by Gasteiger charge is 2.12. The van der Waals surface area contributed by atoms with Gasteiger partial charge in [0.1, 0.15) is 5.82 Å². The molecule has 0 heterocycles. The molecule has 16 heavy (non-hydrogen) atoms. The minimum Gasteiger partial charge on any atom is -0.293 e. The first-order chi connectivity index (χ1) is 7.50. The Hall–Kier alpha value is -0.540. The lowest BCUT2D eigenvalue weighted by Crippen LogP contribution is -2.06. The zero-order valence-corrected chi connectivity index (χ0v) is 10.9. The summed E-state index contributed by atoms with van der Waals surface area (Å²) >= 11 is 7.14. The first kappa shape index (κ1) is 13.5. The van der Waals surface area contributed by atoms with Gasteiger partial charge >= 0.3 is 0 Å². The summed E-state index contributed by atoms with van der Waals surface area (Å²) in [4.78, 5) is 11.7. The summed E-state index contributed by atoms with van der Waals surface area (Å²) in [6, 6.07) is 4.14. The van der Waals surface area contributed by atoms with Gasteiger partial charge in [0.2, 0.25) is 0 Å². The predicted molar refractivity (Wildman–Crippen MR) is 67.9 cm³/mol. The van der Waals surface area contributed by atoms with Crippen LogP contribution in [0.3, 0.4) is 0 Å². The largest absolute Gasteiger partial charge is 0.293 e. The average molecular weight is 261 g/mol. The molecule has 0 saturated heterocycles. The van der Waals surface area contributed by atoms with Gasteiger partial charge < -0.3 is 0 Å². The van der Waals surface area contributed by atoms with Crippen molar-refractivity contribution in [3.8, 4) is 0 Å². The Labute approximate surface area is 104 Å². The summed E-state index contributed by atoms with van der Waals surface area (Å²) < 4.78 is 13.4. The van der Waals surface area contributed by atoms with Gasteiger partial charge in [0.05, 0.1) is 11.3 Å². The van der Waals surface area contributed by atoms with Gasteiger partial charge in [-0.3, -0.25) is 4.79 Å². The highest BCUT2D eigenvalue weighted by Crippen LogP contribution is 2.17. The van der Waals surface area contributed by atoms with Crippen LogP contribution < -0.4 is 0 Å². The van der Waals surface area contributed by atoms with Crippen molar-refractivity contribution in [3.05, 3.63) is 34.6 Å². The van der Waals surface area contributed by atoms with E-state index in [0.29, 0.717) is 16.7 Å². The van der Waals surface area contributed by atoms with Crippen molar-refractivity contribution in [2.75, 3.05) is 11.5 Å². The molecule has 0 radical (unpaired) electrons. The molecule has 0 unspecified atom stereocenters. The van der Waals surface area contributed by atoms with Crippen molar-refractivity contribution in [2.45, 2.75) is 13.8 Å². The van der Waals surface area contributed by atoms with Gasteiger partial charge in [-0.05, 0) is 29.9 Å². The number of carbonyl (C=O) groups excluding carboxylic acids is 1. The van der Waals surface area contributed by atoms with Crippen LogP contribution in [0.4, 0.5) is 4.39 Å². The molecular formula is C12H14ClFOS. The molecule has 1 rings (SSSR count). The van der Waals surface area contributed by atoms with Crippen molar-refractivity contribution < 1.29 is 9.18 Å². The number of carbonyl (C=O) groups is 1. The van der Waals surface area contributed by atoms with E-state index in [4.69, 9.17) is 11.6 Å². The van der Waals surface area contributed by atoms with Crippen LogP contribution in [-0.2, 0) is 0 Å². The molecule has 4 heteroatoms. The second-order valence-electron chi connectivity index (χ2n) is 3.96. The number of thioether (sulfide) groups is 1. The number of rotatable bonds is 5. The minimum atomic E-state index is -0.539. The van der Waals surface area contributed by atoms with E-state index in [-0.39, 0.29) is 11.3 Å². The quantitative estimate of drug-likeness (QED) is 0.743. The third-order valence-corrected chi connectivity index (χ3v) is 3.52. The van der Waals surface area contributed by atoms with Crippen LogP contribution in [0.15, 0.2) is 18.2 Å². The van der Waals surface area contributed by atoms with Gasteiger partial charge in [0, 0.05) is 5.02 Å². The summed E-state index contributed by atoms with van der Waals surface area (Å²) in [5, 5.41) is 0.309. The second-order valence-corrected chi connectivity index (χ2v) is 5.42. The number of benzene rings is 1. The van der Waals surface area contributed by atoms with Crippen LogP contribution in [0.1, 0.15) is 24.2 Å². The molecular weight excluding hydrogens is 247 g/mol. The maximum Gasteiger partial charge on any atom is 0.175 e. The first-order valence-electron chi connectivity index (χ1n) is 5.06. The Balaban J connectivity index is 2.59. The van der Waals surface area contributed by atoms with Crippen LogP contribution in [0.5, 0.6) is 0 Å². The van der Waals surface area contributed by atoms with Gasteiger partial charge in [0.25, 0.3) is 0 Å². The number of hydrogen-bond donors (Lipinski definition) is 0. The SMILES string of the molecule is CC(C)CSCC(=O)c1ccc(Cl)cc1F. The zero-order valence-electron chi connectivity index (χ0n) is 9.30. The fraction of sp³-hybridized carbons (Fsp3) is 0.417. The van der Waals surface area contributed by atoms with E-state index in [1.165, 1.54) is 30.0 Å². The summed E-state index contributed by atoms with van der Waals surface area (Å²) in [5.41, 5.74) is 0.126. The van der Waals surface area contributed by atoms with E-state index in [1.807, 2.05) is 0 Å². The molecule has 0 N–H and O–H groups in total. The lowest BCUT2D eigenvalue weighted by atomic mass is 10.1. The molecule has 88 valence electrons. The van der Waals surface area contributed by atoms with Crippen molar-refractivity contribution in [1.29, 1.82) is 0 Å². The van der Waals surface area contributed by atoms with Crippen LogP contribution in [-0.4, -0.2) is 17.3 Å². The number of halogens is 2. The van der Waals surface area contributed by atoms with Gasteiger partial charge in [-0.25, -0.2) is 4.39 Å². The van der Waals surface area contributed by atoms with Gasteiger partial charge in [-0.1, -0.05) is 25.4 Å². The third-order valence-electron chi connectivity index (χ3n) is 1.92. The lowest BCUT2D eigenvalue weighted by Gasteiger charge is -2.05. The lowest BCUT2D eigenvalue weighted by molar-refractivity contribution is 0.101. The summed E-state index contributed by atoms with van der Waals surface area (Å²) in [7, 11) is 0. The van der Waals surface area contributed by atoms with E-state index in [9.17, 15) is 9.18 Å². The first-order valence-corrected chi connectivity index (χ1v) is 6.60. The maximum atomic E-state index is 13.4. The van der Waals surface area contributed by atoms with E-state index < -0.39 is 5.82 Å². The fourth-order valence-electron chi connectivity index (χ4n) is 1.18. The highest BCUT2D eigenvalue weighted by molar-refractivity contribution is 7.99. The van der Waals surface area contributed by atoms with Gasteiger partial charge in [-0.15, -0.1) is 0 Å². The molecule has 0 saturated carbocycles. The minimum absolute atomic E-state index is 0.126.